The third-order valence-corrected chi connectivity index (χ3v) is 2.97. The molecule has 0 atom stereocenters. The van der Waals surface area contributed by atoms with Gasteiger partial charge in [-0.1, -0.05) is 12.1 Å². The van der Waals surface area contributed by atoms with Crippen molar-refractivity contribution in [1.29, 1.82) is 5.26 Å². The molecule has 1 aromatic carbocycles. The largest absolute Gasteiger partial charge is 0.416 e. The van der Waals surface area contributed by atoms with Crippen LogP contribution >= 0.6 is 11.3 Å². The predicted octanol–water partition coefficient (Wildman–Crippen LogP) is 3.21. The first-order valence-electron chi connectivity index (χ1n) is 4.96. The van der Waals surface area contributed by atoms with Gasteiger partial charge < -0.3 is 4.74 Å². The van der Waals surface area contributed by atoms with Gasteiger partial charge in [-0.25, -0.2) is 0 Å². The summed E-state index contributed by atoms with van der Waals surface area (Å²) in [5.41, 5.74) is 2.61. The predicted molar refractivity (Wildman–Crippen MR) is 65.8 cm³/mol. The number of thiophene rings is 1. The number of ether oxygens (including phenoxy) is 1. The van der Waals surface area contributed by atoms with Crippen LogP contribution in [0, 0.1) is 11.3 Å². The van der Waals surface area contributed by atoms with Gasteiger partial charge in [-0.2, -0.15) is 5.26 Å². The lowest BCUT2D eigenvalue weighted by molar-refractivity contribution is -0.131. The zero-order valence-electron chi connectivity index (χ0n) is 9.14. The maximum Gasteiger partial charge on any atom is 0.308 e. The molecule has 4 heteroatoms. The molecule has 0 aliphatic carbocycles. The van der Waals surface area contributed by atoms with Crippen LogP contribution in [0.3, 0.4) is 0 Å². The zero-order valence-corrected chi connectivity index (χ0v) is 9.95. The molecule has 1 heterocycles. The van der Waals surface area contributed by atoms with Crippen LogP contribution in [0.2, 0.25) is 0 Å². The van der Waals surface area contributed by atoms with Crippen molar-refractivity contribution in [3.05, 3.63) is 41.3 Å². The van der Waals surface area contributed by atoms with E-state index in [2.05, 4.69) is 6.07 Å². The fraction of sp³-hybridized carbons (Fsp3) is 0.0769. The lowest BCUT2D eigenvalue weighted by Gasteiger charge is -1.97. The number of nitrogens with zero attached hydrogens (tertiary/aromatic N) is 1. The van der Waals surface area contributed by atoms with Crippen molar-refractivity contribution in [2.45, 2.75) is 6.92 Å². The average molecular weight is 243 g/mol. The molecule has 2 rings (SSSR count). The van der Waals surface area contributed by atoms with Crippen molar-refractivity contribution in [1.82, 2.24) is 0 Å². The van der Waals surface area contributed by atoms with Crippen molar-refractivity contribution in [3.63, 3.8) is 0 Å². The topological polar surface area (TPSA) is 50.1 Å². The number of nitriles is 1. The molecule has 2 aromatic rings. The van der Waals surface area contributed by atoms with Crippen LogP contribution < -0.4 is 4.74 Å². The molecule has 0 aliphatic heterocycles. The molecule has 0 bridgehead atoms. The summed E-state index contributed by atoms with van der Waals surface area (Å²) in [5.74, 6) is -0.321. The summed E-state index contributed by atoms with van der Waals surface area (Å²) in [7, 11) is 0. The Balaban J connectivity index is 2.24. The number of esters is 1. The van der Waals surface area contributed by atoms with Gasteiger partial charge in [-0.05, 0) is 23.3 Å². The van der Waals surface area contributed by atoms with Crippen molar-refractivity contribution < 1.29 is 9.53 Å². The second-order valence-corrected chi connectivity index (χ2v) is 4.31. The fourth-order valence-electron chi connectivity index (χ4n) is 1.40. The van der Waals surface area contributed by atoms with Gasteiger partial charge >= 0.3 is 5.97 Å². The van der Waals surface area contributed by atoms with Gasteiger partial charge in [0.05, 0.1) is 11.6 Å². The summed E-state index contributed by atoms with van der Waals surface area (Å²) in [4.78, 5) is 10.8. The normalized spacial score (nSPS) is 9.65. The summed E-state index contributed by atoms with van der Waals surface area (Å²) in [6, 6.07) is 11.2. The van der Waals surface area contributed by atoms with E-state index in [9.17, 15) is 4.79 Å². The number of carbonyl (C=O) groups is 1. The van der Waals surface area contributed by atoms with E-state index in [-0.39, 0.29) is 5.97 Å². The summed E-state index contributed by atoms with van der Waals surface area (Å²) < 4.78 is 4.99. The van der Waals surface area contributed by atoms with Crippen molar-refractivity contribution in [2.75, 3.05) is 0 Å². The molecule has 0 fully saturated rings. The smallest absolute Gasteiger partial charge is 0.308 e. The van der Waals surface area contributed by atoms with Crippen LogP contribution in [0.1, 0.15) is 12.5 Å². The molecular formula is C13H9NO2S. The number of hydrogen-bond donors (Lipinski definition) is 0. The SMILES string of the molecule is CC(=O)Oc1cc(-c2ccc(C#N)cc2)cs1. The number of benzene rings is 1. The summed E-state index contributed by atoms with van der Waals surface area (Å²) in [6.07, 6.45) is 0. The summed E-state index contributed by atoms with van der Waals surface area (Å²) >= 11 is 1.37. The molecule has 3 nitrogen and oxygen atoms in total. The standard InChI is InChI=1S/C13H9NO2S/c1-9(15)16-13-6-12(8-17-13)11-4-2-10(7-14)3-5-11/h2-6,8H,1H3. The molecule has 0 saturated carbocycles. The maximum absolute atomic E-state index is 10.8. The van der Waals surface area contributed by atoms with Crippen LogP contribution in [-0.2, 0) is 4.79 Å². The van der Waals surface area contributed by atoms with Gasteiger partial charge in [-0.15, -0.1) is 11.3 Å². The first-order chi connectivity index (χ1) is 8.19. The molecule has 17 heavy (non-hydrogen) atoms. The molecular weight excluding hydrogens is 234 g/mol. The highest BCUT2D eigenvalue weighted by Gasteiger charge is 2.05. The maximum atomic E-state index is 10.8. The Hall–Kier alpha value is -2.12. The van der Waals surface area contributed by atoms with E-state index in [1.54, 1.807) is 12.1 Å². The van der Waals surface area contributed by atoms with E-state index in [0.717, 1.165) is 11.1 Å². The molecule has 0 aliphatic rings. The molecule has 0 unspecified atom stereocenters. The van der Waals surface area contributed by atoms with Crippen LogP contribution in [0.15, 0.2) is 35.7 Å². The highest BCUT2D eigenvalue weighted by molar-refractivity contribution is 7.12. The van der Waals surface area contributed by atoms with E-state index in [1.807, 2.05) is 23.6 Å². The Labute approximate surface area is 103 Å². The summed E-state index contributed by atoms with van der Waals surface area (Å²) in [6.45, 7) is 1.38. The van der Waals surface area contributed by atoms with Gasteiger partial charge in [0.25, 0.3) is 0 Å². The second-order valence-electron chi connectivity index (χ2n) is 3.44. The number of rotatable bonds is 2. The minimum Gasteiger partial charge on any atom is -0.416 e. The molecule has 0 spiro atoms. The van der Waals surface area contributed by atoms with E-state index < -0.39 is 0 Å². The van der Waals surface area contributed by atoms with E-state index in [4.69, 9.17) is 10.00 Å². The molecule has 0 amide bonds. The zero-order chi connectivity index (χ0) is 12.3. The van der Waals surface area contributed by atoms with Crippen molar-refractivity contribution >= 4 is 17.3 Å². The van der Waals surface area contributed by atoms with Crippen molar-refractivity contribution in [2.24, 2.45) is 0 Å². The fourth-order valence-corrected chi connectivity index (χ4v) is 2.21. The van der Waals surface area contributed by atoms with Gasteiger partial charge in [0.1, 0.15) is 0 Å². The first kappa shape index (κ1) is 11.4. The van der Waals surface area contributed by atoms with Crippen molar-refractivity contribution in [3.8, 4) is 22.3 Å². The van der Waals surface area contributed by atoms with Crippen LogP contribution in [0.5, 0.6) is 5.06 Å². The lowest BCUT2D eigenvalue weighted by atomic mass is 10.1. The Morgan fingerprint density at radius 2 is 2.00 bits per heavy atom. The second kappa shape index (κ2) is 4.81. The Morgan fingerprint density at radius 3 is 2.59 bits per heavy atom. The molecule has 0 N–H and O–H groups in total. The Kier molecular flexibility index (Phi) is 3.22. The number of carbonyl (C=O) groups excluding carboxylic acids is 1. The minimum atomic E-state index is -0.321. The number of hydrogen-bond acceptors (Lipinski definition) is 4. The van der Waals surface area contributed by atoms with Gasteiger partial charge in [0.2, 0.25) is 0 Å². The Morgan fingerprint density at radius 1 is 1.29 bits per heavy atom. The molecule has 1 aromatic heterocycles. The van der Waals surface area contributed by atoms with Gasteiger partial charge in [0.15, 0.2) is 5.06 Å². The highest BCUT2D eigenvalue weighted by Crippen LogP contribution is 2.30. The minimum absolute atomic E-state index is 0.321. The molecule has 0 radical (unpaired) electrons. The third kappa shape index (κ3) is 2.71. The molecule has 0 saturated heterocycles. The highest BCUT2D eigenvalue weighted by atomic mass is 32.1. The first-order valence-corrected chi connectivity index (χ1v) is 5.84. The lowest BCUT2D eigenvalue weighted by Crippen LogP contribution is -1.98. The van der Waals surface area contributed by atoms with Gasteiger partial charge in [-0.3, -0.25) is 4.79 Å². The summed E-state index contributed by atoms with van der Waals surface area (Å²) in [5, 5.41) is 11.2. The van der Waals surface area contributed by atoms with E-state index >= 15 is 0 Å². The average Bonchev–Trinajstić information content (AvgIpc) is 2.77. The Bertz CT molecular complexity index is 578. The van der Waals surface area contributed by atoms with E-state index in [1.165, 1.54) is 18.3 Å². The van der Waals surface area contributed by atoms with Crippen LogP contribution in [0.25, 0.3) is 11.1 Å². The van der Waals surface area contributed by atoms with Crippen LogP contribution in [-0.4, -0.2) is 5.97 Å². The van der Waals surface area contributed by atoms with Gasteiger partial charge in [0, 0.05) is 18.4 Å². The van der Waals surface area contributed by atoms with Crippen LogP contribution in [0.4, 0.5) is 0 Å². The molecule has 84 valence electrons. The monoisotopic (exact) mass is 243 g/mol. The third-order valence-electron chi connectivity index (χ3n) is 2.17. The quantitative estimate of drug-likeness (QED) is 0.761. The van der Waals surface area contributed by atoms with E-state index in [0.29, 0.717) is 10.6 Å².